The Bertz CT molecular complexity index is 903. The van der Waals surface area contributed by atoms with Crippen LogP contribution in [0.15, 0.2) is 23.8 Å². The van der Waals surface area contributed by atoms with Crippen molar-refractivity contribution in [3.8, 4) is 0 Å². The maximum Gasteiger partial charge on any atom is 0.330 e. The molecule has 8 atom stereocenters. The fourth-order valence-electron chi connectivity index (χ4n) is 10.1. The van der Waals surface area contributed by atoms with E-state index in [1.54, 1.807) is 6.92 Å². The average Bonchev–Trinajstić information content (AvgIpc) is 3.35. The summed E-state index contributed by atoms with van der Waals surface area (Å²) in [5.41, 5.74) is 2.81. The van der Waals surface area contributed by atoms with Gasteiger partial charge in [0.15, 0.2) is 0 Å². The number of allylic oxidation sites excluding steroid dienone is 2. The Morgan fingerprint density at radius 3 is 2.38 bits per heavy atom. The van der Waals surface area contributed by atoms with Gasteiger partial charge in [-0.25, -0.2) is 4.79 Å². The zero-order valence-electron chi connectivity index (χ0n) is 22.1. The maximum absolute atomic E-state index is 11.6. The molecule has 0 aliphatic heterocycles. The van der Waals surface area contributed by atoms with Gasteiger partial charge in [0.25, 0.3) is 0 Å². The highest BCUT2D eigenvalue weighted by molar-refractivity contribution is 5.85. The number of rotatable bonds is 9. The molecule has 4 heteroatoms. The van der Waals surface area contributed by atoms with E-state index in [-0.39, 0.29) is 11.8 Å². The van der Waals surface area contributed by atoms with Crippen molar-refractivity contribution >= 4 is 11.9 Å². The van der Waals surface area contributed by atoms with Crippen molar-refractivity contribution in [1.82, 2.24) is 0 Å². The first-order valence-electron chi connectivity index (χ1n) is 13.6. The van der Waals surface area contributed by atoms with E-state index >= 15 is 0 Å². The van der Waals surface area contributed by atoms with Crippen molar-refractivity contribution in [2.75, 3.05) is 0 Å². The summed E-state index contributed by atoms with van der Waals surface area (Å²) in [6, 6.07) is 0. The molecule has 0 aromatic rings. The molecule has 4 rings (SSSR count). The van der Waals surface area contributed by atoms with Crippen LogP contribution in [0.2, 0.25) is 0 Å². The molecule has 4 fully saturated rings. The molecule has 34 heavy (non-hydrogen) atoms. The number of carboxylic acid groups (broad SMARTS) is 2. The summed E-state index contributed by atoms with van der Waals surface area (Å²) in [7, 11) is 0. The molecule has 2 N–H and O–H groups in total. The summed E-state index contributed by atoms with van der Waals surface area (Å²) in [4.78, 5) is 22.7. The molecule has 4 saturated carbocycles. The summed E-state index contributed by atoms with van der Waals surface area (Å²) in [5, 5.41) is 18.7. The van der Waals surface area contributed by atoms with Crippen LogP contribution in [0, 0.1) is 45.3 Å². The van der Waals surface area contributed by atoms with E-state index in [1.165, 1.54) is 50.5 Å². The highest BCUT2D eigenvalue weighted by Gasteiger charge is 2.80. The lowest BCUT2D eigenvalue weighted by Crippen LogP contribution is -2.54. The van der Waals surface area contributed by atoms with Gasteiger partial charge in [-0.15, -0.1) is 0 Å². The standard InChI is InChI=1S/C30H46O4/c1-19(2)22-10-11-24-28(6)14-12-23(20(3)8-7-9-21(4)26(33)34)27(28,5)16-17-30(24)18-29(22,30)15-13-25(31)32/h9,20,22-24H,1,7-8,10-18H2,2-6H3,(H,31,32)(H,33,34)/b21-9-/t20-,22+,23-,24+,27-,28+,29-,30+/m1/s1. The topological polar surface area (TPSA) is 74.6 Å². The van der Waals surface area contributed by atoms with Gasteiger partial charge in [-0.2, -0.15) is 0 Å². The van der Waals surface area contributed by atoms with Crippen molar-refractivity contribution in [3.05, 3.63) is 23.8 Å². The van der Waals surface area contributed by atoms with E-state index in [2.05, 4.69) is 34.3 Å². The van der Waals surface area contributed by atoms with Crippen LogP contribution in [0.3, 0.4) is 0 Å². The molecule has 0 unspecified atom stereocenters. The van der Waals surface area contributed by atoms with Crippen LogP contribution in [0.5, 0.6) is 0 Å². The number of carboxylic acids is 2. The molecule has 0 bridgehead atoms. The molecular formula is C30H46O4. The van der Waals surface area contributed by atoms with Crippen LogP contribution < -0.4 is 0 Å². The predicted octanol–water partition coefficient (Wildman–Crippen LogP) is 7.49. The second-order valence-electron chi connectivity index (χ2n) is 13.1. The largest absolute Gasteiger partial charge is 0.481 e. The third-order valence-corrected chi connectivity index (χ3v) is 12.0. The molecule has 0 saturated heterocycles. The zero-order chi connectivity index (χ0) is 25.1. The fraction of sp³-hybridized carbons (Fsp3) is 0.800. The lowest BCUT2D eigenvalue weighted by molar-refractivity contribution is -0.139. The van der Waals surface area contributed by atoms with Gasteiger partial charge in [0.2, 0.25) is 0 Å². The SMILES string of the molecule is C=C(C)[C@@H]1CC[C@@H]2[C@]3(CC[C@]4(C)[C@@H]([C@H](C)CC/C=C(/C)C(=O)O)CC[C@@]24C)C[C@]13CCC(=O)O. The van der Waals surface area contributed by atoms with Crippen molar-refractivity contribution < 1.29 is 19.8 Å². The highest BCUT2D eigenvalue weighted by atomic mass is 16.4. The predicted molar refractivity (Wildman–Crippen MR) is 135 cm³/mol. The quantitative estimate of drug-likeness (QED) is 0.270. The summed E-state index contributed by atoms with van der Waals surface area (Å²) < 4.78 is 0. The molecule has 4 aliphatic carbocycles. The molecule has 0 aromatic heterocycles. The Hall–Kier alpha value is -1.58. The number of hydrogen-bond acceptors (Lipinski definition) is 2. The summed E-state index contributed by atoms with van der Waals surface area (Å²) in [6.07, 6.45) is 13.6. The molecule has 1 spiro atoms. The van der Waals surface area contributed by atoms with E-state index < -0.39 is 11.9 Å². The number of aliphatic carboxylic acids is 2. The maximum atomic E-state index is 11.6. The minimum absolute atomic E-state index is 0.160. The van der Waals surface area contributed by atoms with Crippen LogP contribution in [0.25, 0.3) is 0 Å². The van der Waals surface area contributed by atoms with E-state index in [0.29, 0.717) is 45.5 Å². The lowest BCUT2D eigenvalue weighted by atomic mass is 9.43. The van der Waals surface area contributed by atoms with E-state index in [4.69, 9.17) is 5.11 Å². The monoisotopic (exact) mass is 470 g/mol. The number of hydrogen-bond donors (Lipinski definition) is 2. The van der Waals surface area contributed by atoms with Crippen LogP contribution in [-0.2, 0) is 9.59 Å². The second kappa shape index (κ2) is 8.52. The van der Waals surface area contributed by atoms with Crippen LogP contribution in [-0.4, -0.2) is 22.2 Å². The van der Waals surface area contributed by atoms with Gasteiger partial charge < -0.3 is 10.2 Å². The van der Waals surface area contributed by atoms with Crippen LogP contribution >= 0.6 is 0 Å². The van der Waals surface area contributed by atoms with Gasteiger partial charge in [0.1, 0.15) is 0 Å². The van der Waals surface area contributed by atoms with Gasteiger partial charge >= 0.3 is 11.9 Å². The number of carbonyl (C=O) groups is 2. The molecule has 190 valence electrons. The molecular weight excluding hydrogens is 424 g/mol. The normalized spacial score (nSPS) is 43.9. The summed E-state index contributed by atoms with van der Waals surface area (Å²) >= 11 is 0. The Balaban J connectivity index is 1.56. The van der Waals surface area contributed by atoms with Gasteiger partial charge in [0, 0.05) is 12.0 Å². The number of fused-ring (bicyclic) bond motifs is 2. The molecule has 0 heterocycles. The van der Waals surface area contributed by atoms with E-state index in [9.17, 15) is 14.7 Å². The minimum Gasteiger partial charge on any atom is -0.481 e. The molecule has 0 radical (unpaired) electrons. The Morgan fingerprint density at radius 1 is 1.06 bits per heavy atom. The van der Waals surface area contributed by atoms with Gasteiger partial charge in [-0.3, -0.25) is 4.79 Å². The molecule has 4 aliphatic rings. The lowest BCUT2D eigenvalue weighted by Gasteiger charge is -2.61. The van der Waals surface area contributed by atoms with Gasteiger partial charge in [0.05, 0.1) is 0 Å². The molecule has 0 amide bonds. The van der Waals surface area contributed by atoms with Crippen molar-refractivity contribution in [3.63, 3.8) is 0 Å². The fourth-order valence-corrected chi connectivity index (χ4v) is 10.1. The van der Waals surface area contributed by atoms with Crippen molar-refractivity contribution in [1.29, 1.82) is 0 Å². The third-order valence-electron chi connectivity index (χ3n) is 12.0. The van der Waals surface area contributed by atoms with E-state index in [1.807, 2.05) is 6.08 Å². The Morgan fingerprint density at radius 2 is 1.76 bits per heavy atom. The highest BCUT2D eigenvalue weighted by Crippen LogP contribution is 2.87. The Labute approximate surface area is 206 Å². The molecule has 0 aromatic carbocycles. The smallest absolute Gasteiger partial charge is 0.330 e. The van der Waals surface area contributed by atoms with E-state index in [0.717, 1.165) is 19.3 Å². The van der Waals surface area contributed by atoms with Gasteiger partial charge in [-0.05, 0) is 123 Å². The van der Waals surface area contributed by atoms with Crippen molar-refractivity contribution in [2.24, 2.45) is 45.3 Å². The third kappa shape index (κ3) is 3.53. The average molecular weight is 471 g/mol. The van der Waals surface area contributed by atoms with Crippen molar-refractivity contribution in [2.45, 2.75) is 105 Å². The molecule has 4 nitrogen and oxygen atoms in total. The van der Waals surface area contributed by atoms with Gasteiger partial charge in [-0.1, -0.05) is 39.0 Å². The first kappa shape index (κ1) is 25.5. The second-order valence-corrected chi connectivity index (χ2v) is 13.1. The summed E-state index contributed by atoms with van der Waals surface area (Å²) in [5.74, 6) is 0.964. The Kier molecular flexibility index (Phi) is 6.39. The minimum atomic E-state index is -0.813. The zero-order valence-corrected chi connectivity index (χ0v) is 22.1. The van der Waals surface area contributed by atoms with Crippen LogP contribution in [0.1, 0.15) is 105 Å². The first-order chi connectivity index (χ1) is 15.8. The first-order valence-corrected chi connectivity index (χ1v) is 13.6. The summed E-state index contributed by atoms with van der Waals surface area (Å²) in [6.45, 7) is 15.8. The van der Waals surface area contributed by atoms with Crippen LogP contribution in [0.4, 0.5) is 0 Å².